The fourth-order valence-electron chi connectivity index (χ4n) is 0.434. The zero-order chi connectivity index (χ0) is 14.0. The zero-order valence-corrected chi connectivity index (χ0v) is 11.1. The first-order valence-electron chi connectivity index (χ1n) is 5.05. The molecule has 0 unspecified atom stereocenters. The van der Waals surface area contributed by atoms with Crippen molar-refractivity contribution in [2.45, 2.75) is 20.8 Å². The smallest absolute Gasteiger partial charge is 0.334 e. The van der Waals surface area contributed by atoms with E-state index >= 15 is 0 Å². The fourth-order valence-corrected chi connectivity index (χ4v) is 0.434. The molecule has 0 aliphatic heterocycles. The number of rotatable bonds is 4. The standard InChI is InChI=1S/C7H13NO2.C5H8O2/c1-6(2)7(9)10-5-8(3)4;1-3-4(2)5(6)7/h1,5H2,2-4H3;3H,1-2H3,(H,6,7)/b;4-3+. The Hall–Kier alpha value is -1.62. The summed E-state index contributed by atoms with van der Waals surface area (Å²) in [5.41, 5.74) is 0.821. The summed E-state index contributed by atoms with van der Waals surface area (Å²) in [6.45, 7) is 8.63. The molecule has 0 radical (unpaired) electrons. The molecular formula is C12H21NO4. The van der Waals surface area contributed by atoms with E-state index < -0.39 is 5.97 Å². The van der Waals surface area contributed by atoms with Crippen molar-refractivity contribution >= 4 is 11.9 Å². The van der Waals surface area contributed by atoms with Crippen LogP contribution in [0.25, 0.3) is 0 Å². The van der Waals surface area contributed by atoms with Gasteiger partial charge in [-0.1, -0.05) is 12.7 Å². The molecule has 5 nitrogen and oxygen atoms in total. The summed E-state index contributed by atoms with van der Waals surface area (Å²) in [6.07, 6.45) is 1.56. The number of carbonyl (C=O) groups is 2. The van der Waals surface area contributed by atoms with Crippen LogP contribution in [0.15, 0.2) is 23.8 Å². The molecule has 0 atom stereocenters. The number of carboxylic acids is 1. The number of carbonyl (C=O) groups excluding carboxylic acids is 1. The second kappa shape index (κ2) is 9.59. The summed E-state index contributed by atoms with van der Waals surface area (Å²) in [5, 5.41) is 8.11. The minimum absolute atomic E-state index is 0.311. The Labute approximate surface area is 102 Å². The van der Waals surface area contributed by atoms with Crippen molar-refractivity contribution in [3.05, 3.63) is 23.8 Å². The highest BCUT2D eigenvalue weighted by atomic mass is 16.5. The van der Waals surface area contributed by atoms with Gasteiger partial charge in [-0.2, -0.15) is 0 Å². The Kier molecular flexibility index (Phi) is 10.0. The van der Waals surface area contributed by atoms with Crippen molar-refractivity contribution in [2.75, 3.05) is 20.8 Å². The molecule has 17 heavy (non-hydrogen) atoms. The van der Waals surface area contributed by atoms with Gasteiger partial charge < -0.3 is 9.84 Å². The van der Waals surface area contributed by atoms with E-state index in [1.54, 1.807) is 31.7 Å². The van der Waals surface area contributed by atoms with Gasteiger partial charge in [-0.05, 0) is 34.9 Å². The lowest BCUT2D eigenvalue weighted by Gasteiger charge is -2.09. The highest BCUT2D eigenvalue weighted by Crippen LogP contribution is 1.91. The largest absolute Gasteiger partial charge is 0.478 e. The second-order valence-corrected chi connectivity index (χ2v) is 3.70. The number of ether oxygens (including phenoxy) is 1. The first-order chi connectivity index (χ1) is 7.72. The monoisotopic (exact) mass is 243 g/mol. The van der Waals surface area contributed by atoms with Crippen molar-refractivity contribution in [1.29, 1.82) is 0 Å². The van der Waals surface area contributed by atoms with Crippen LogP contribution < -0.4 is 0 Å². The molecule has 0 heterocycles. The van der Waals surface area contributed by atoms with Crippen molar-refractivity contribution < 1.29 is 19.4 Å². The number of nitrogens with zero attached hydrogens (tertiary/aromatic N) is 1. The van der Waals surface area contributed by atoms with E-state index in [-0.39, 0.29) is 5.97 Å². The van der Waals surface area contributed by atoms with Gasteiger partial charge >= 0.3 is 11.9 Å². The molecule has 5 heteroatoms. The lowest BCUT2D eigenvalue weighted by atomic mass is 10.3. The predicted octanol–water partition coefficient (Wildman–Crippen LogP) is 1.66. The van der Waals surface area contributed by atoms with Crippen LogP contribution in [0, 0.1) is 0 Å². The maximum absolute atomic E-state index is 10.7. The Morgan fingerprint density at radius 2 is 1.82 bits per heavy atom. The molecule has 0 saturated heterocycles. The molecule has 1 N–H and O–H groups in total. The van der Waals surface area contributed by atoms with Crippen molar-refractivity contribution in [3.63, 3.8) is 0 Å². The average molecular weight is 243 g/mol. The van der Waals surface area contributed by atoms with Gasteiger partial charge in [0.1, 0.15) is 6.73 Å². The molecule has 0 saturated carbocycles. The molecule has 0 bridgehead atoms. The Morgan fingerprint density at radius 3 is 2.00 bits per heavy atom. The molecule has 0 amide bonds. The molecule has 0 fully saturated rings. The van der Waals surface area contributed by atoms with Gasteiger partial charge in [0, 0.05) is 11.1 Å². The van der Waals surface area contributed by atoms with E-state index in [2.05, 4.69) is 6.58 Å². The molecule has 0 spiro atoms. The minimum Gasteiger partial charge on any atom is -0.478 e. The topological polar surface area (TPSA) is 66.8 Å². The third kappa shape index (κ3) is 12.3. The highest BCUT2D eigenvalue weighted by Gasteiger charge is 2.01. The van der Waals surface area contributed by atoms with Gasteiger partial charge in [0.25, 0.3) is 0 Å². The summed E-state index contributed by atoms with van der Waals surface area (Å²) in [4.78, 5) is 22.3. The molecule has 0 aromatic heterocycles. The number of hydrogen-bond acceptors (Lipinski definition) is 4. The van der Waals surface area contributed by atoms with E-state index in [0.717, 1.165) is 0 Å². The molecular weight excluding hydrogens is 222 g/mol. The van der Waals surface area contributed by atoms with Gasteiger partial charge in [0.15, 0.2) is 0 Å². The average Bonchev–Trinajstić information content (AvgIpc) is 2.24. The number of allylic oxidation sites excluding steroid dienone is 1. The van der Waals surface area contributed by atoms with Gasteiger partial charge in [-0.15, -0.1) is 0 Å². The van der Waals surface area contributed by atoms with Crippen molar-refractivity contribution in [2.24, 2.45) is 0 Å². The van der Waals surface area contributed by atoms with Crippen molar-refractivity contribution in [1.82, 2.24) is 4.90 Å². The maximum Gasteiger partial charge on any atom is 0.334 e. The van der Waals surface area contributed by atoms with Crippen LogP contribution in [0.4, 0.5) is 0 Å². The van der Waals surface area contributed by atoms with E-state index in [1.807, 2.05) is 14.1 Å². The first kappa shape index (κ1) is 17.8. The summed E-state index contributed by atoms with van der Waals surface area (Å²) >= 11 is 0. The van der Waals surface area contributed by atoms with Crippen LogP contribution in [0.5, 0.6) is 0 Å². The van der Waals surface area contributed by atoms with E-state index in [9.17, 15) is 9.59 Å². The van der Waals surface area contributed by atoms with Gasteiger partial charge in [-0.25, -0.2) is 9.59 Å². The van der Waals surface area contributed by atoms with E-state index in [0.29, 0.717) is 17.9 Å². The summed E-state index contributed by atoms with van der Waals surface area (Å²) in [5.74, 6) is -1.18. The third-order valence-electron chi connectivity index (χ3n) is 1.57. The first-order valence-corrected chi connectivity index (χ1v) is 5.05. The molecule has 0 aliphatic rings. The van der Waals surface area contributed by atoms with Crippen LogP contribution in [-0.2, 0) is 14.3 Å². The lowest BCUT2D eigenvalue weighted by Crippen LogP contribution is -2.19. The van der Waals surface area contributed by atoms with Crippen LogP contribution >= 0.6 is 0 Å². The normalized spacial score (nSPS) is 10.4. The van der Waals surface area contributed by atoms with Crippen molar-refractivity contribution in [3.8, 4) is 0 Å². The number of aliphatic carboxylic acids is 1. The van der Waals surface area contributed by atoms with Gasteiger partial charge in [0.05, 0.1) is 0 Å². The SMILES string of the molecule is C/C=C(\C)C(=O)O.C=C(C)C(=O)OCN(C)C. The number of carboxylic acid groups (broad SMARTS) is 1. The molecule has 0 aliphatic carbocycles. The van der Waals surface area contributed by atoms with Gasteiger partial charge in [-0.3, -0.25) is 4.90 Å². The molecule has 0 rings (SSSR count). The van der Waals surface area contributed by atoms with Crippen LogP contribution in [0.3, 0.4) is 0 Å². The van der Waals surface area contributed by atoms with Crippen LogP contribution in [0.2, 0.25) is 0 Å². The second-order valence-electron chi connectivity index (χ2n) is 3.70. The summed E-state index contributed by atoms with van der Waals surface area (Å²) < 4.78 is 4.75. The Morgan fingerprint density at radius 1 is 1.35 bits per heavy atom. The molecule has 0 aromatic rings. The summed E-state index contributed by atoms with van der Waals surface area (Å²) in [7, 11) is 3.65. The minimum atomic E-state index is -0.845. The molecule has 0 aromatic carbocycles. The Balaban J connectivity index is 0. The Bertz CT molecular complexity index is 306. The van der Waals surface area contributed by atoms with Crippen LogP contribution in [-0.4, -0.2) is 42.8 Å². The quantitative estimate of drug-likeness (QED) is 0.462. The van der Waals surface area contributed by atoms with Gasteiger partial charge in [0.2, 0.25) is 0 Å². The molecule has 98 valence electrons. The predicted molar refractivity (Wildman–Crippen MR) is 66.5 cm³/mol. The van der Waals surface area contributed by atoms with E-state index in [4.69, 9.17) is 9.84 Å². The maximum atomic E-state index is 10.7. The summed E-state index contributed by atoms with van der Waals surface area (Å²) in [6, 6.07) is 0. The zero-order valence-electron chi connectivity index (χ0n) is 11.1. The number of hydrogen-bond donors (Lipinski definition) is 1. The highest BCUT2D eigenvalue weighted by molar-refractivity contribution is 5.86. The third-order valence-corrected chi connectivity index (χ3v) is 1.57. The number of esters is 1. The van der Waals surface area contributed by atoms with Crippen LogP contribution in [0.1, 0.15) is 20.8 Å². The van der Waals surface area contributed by atoms with E-state index in [1.165, 1.54) is 0 Å². The lowest BCUT2D eigenvalue weighted by molar-refractivity contribution is -0.142. The fraction of sp³-hybridized carbons (Fsp3) is 0.500.